The first-order valence-corrected chi connectivity index (χ1v) is 10.7. The monoisotopic (exact) mass is 442 g/mol. The van der Waals surface area contributed by atoms with E-state index in [1.165, 1.54) is 12.0 Å². The lowest BCUT2D eigenvalue weighted by Crippen LogP contribution is -2.32. The van der Waals surface area contributed by atoms with Crippen molar-refractivity contribution in [2.24, 2.45) is 0 Å². The summed E-state index contributed by atoms with van der Waals surface area (Å²) in [7, 11) is 3.11. The number of ether oxygens (including phenoxy) is 2. The topological polar surface area (TPSA) is 67.9 Å². The second kappa shape index (κ2) is 9.20. The predicted octanol–water partition coefficient (Wildman–Crippen LogP) is 5.22. The molecule has 1 aliphatic rings. The van der Waals surface area contributed by atoms with Crippen LogP contribution in [0.25, 0.3) is 5.57 Å². The highest BCUT2D eigenvalue weighted by Crippen LogP contribution is 2.37. The Morgan fingerprint density at radius 1 is 0.818 bits per heavy atom. The molecule has 4 rings (SSSR count). The van der Waals surface area contributed by atoms with Crippen LogP contribution < -0.4 is 19.7 Å². The van der Waals surface area contributed by atoms with E-state index in [0.29, 0.717) is 34.4 Å². The summed E-state index contributed by atoms with van der Waals surface area (Å²) in [5.74, 6) is 0.651. The Balaban J connectivity index is 1.82. The zero-order chi connectivity index (χ0) is 23.5. The number of para-hydroxylation sites is 1. The second-order valence-corrected chi connectivity index (χ2v) is 8.00. The summed E-state index contributed by atoms with van der Waals surface area (Å²) >= 11 is 0. The average molecular weight is 443 g/mol. The van der Waals surface area contributed by atoms with E-state index in [4.69, 9.17) is 9.47 Å². The van der Waals surface area contributed by atoms with Crippen molar-refractivity contribution in [2.45, 2.75) is 19.8 Å². The molecule has 0 aliphatic carbocycles. The number of hydrogen-bond donors (Lipinski definition) is 1. The van der Waals surface area contributed by atoms with Gasteiger partial charge in [-0.05, 0) is 41.8 Å². The van der Waals surface area contributed by atoms with Crippen LogP contribution in [0.2, 0.25) is 0 Å². The van der Waals surface area contributed by atoms with Crippen molar-refractivity contribution in [3.05, 3.63) is 89.6 Å². The van der Waals surface area contributed by atoms with Crippen LogP contribution in [-0.2, 0) is 9.59 Å². The first kappa shape index (κ1) is 22.1. The third-order valence-corrected chi connectivity index (χ3v) is 5.62. The Labute approximate surface area is 193 Å². The highest BCUT2D eigenvalue weighted by Gasteiger charge is 2.41. The van der Waals surface area contributed by atoms with Gasteiger partial charge in [-0.25, -0.2) is 4.90 Å². The second-order valence-electron chi connectivity index (χ2n) is 8.00. The fourth-order valence-corrected chi connectivity index (χ4v) is 3.83. The number of imide groups is 1. The number of anilines is 2. The Kier molecular flexibility index (Phi) is 6.18. The summed E-state index contributed by atoms with van der Waals surface area (Å²) < 4.78 is 10.8. The summed E-state index contributed by atoms with van der Waals surface area (Å²) in [5, 5.41) is 3.16. The minimum Gasteiger partial charge on any atom is -0.497 e. The van der Waals surface area contributed by atoms with E-state index in [9.17, 15) is 9.59 Å². The van der Waals surface area contributed by atoms with Crippen LogP contribution in [0.4, 0.5) is 11.4 Å². The Hall–Kier alpha value is -4.06. The van der Waals surface area contributed by atoms with E-state index < -0.39 is 11.8 Å². The predicted molar refractivity (Wildman–Crippen MR) is 130 cm³/mol. The molecule has 1 N–H and O–H groups in total. The minimum atomic E-state index is -0.430. The van der Waals surface area contributed by atoms with E-state index in [1.54, 1.807) is 37.4 Å². The Morgan fingerprint density at radius 3 is 2.21 bits per heavy atom. The van der Waals surface area contributed by atoms with Crippen LogP contribution in [0.5, 0.6) is 11.5 Å². The molecule has 1 heterocycles. The normalized spacial score (nSPS) is 13.7. The number of benzene rings is 3. The number of hydrogen-bond acceptors (Lipinski definition) is 5. The van der Waals surface area contributed by atoms with Crippen LogP contribution in [0.15, 0.2) is 78.5 Å². The Morgan fingerprint density at radius 2 is 1.55 bits per heavy atom. The van der Waals surface area contributed by atoms with E-state index in [2.05, 4.69) is 19.2 Å². The molecule has 3 aromatic carbocycles. The zero-order valence-electron chi connectivity index (χ0n) is 19.1. The number of methoxy groups -OCH3 is 2. The van der Waals surface area contributed by atoms with Gasteiger partial charge in [0.15, 0.2) is 0 Å². The molecular formula is C27H26N2O4. The number of carbonyl (C=O) groups excluding carboxylic acids is 2. The molecule has 3 aromatic rings. The van der Waals surface area contributed by atoms with Crippen molar-refractivity contribution in [3.8, 4) is 11.5 Å². The molecule has 2 amide bonds. The molecule has 0 radical (unpaired) electrons. The third kappa shape index (κ3) is 4.20. The SMILES string of the molecule is COc1cccc(NC2=C(c3ccccc3OC)C(=O)N(c3ccc(C(C)C)cc3)C2=O)c1. The molecule has 0 saturated carbocycles. The quantitative estimate of drug-likeness (QED) is 0.508. The van der Waals surface area contributed by atoms with Crippen molar-refractivity contribution < 1.29 is 19.1 Å². The van der Waals surface area contributed by atoms with Gasteiger partial charge >= 0.3 is 0 Å². The van der Waals surface area contributed by atoms with Crippen LogP contribution in [0.1, 0.15) is 30.9 Å². The van der Waals surface area contributed by atoms with Crippen molar-refractivity contribution in [3.63, 3.8) is 0 Å². The minimum absolute atomic E-state index is 0.186. The van der Waals surface area contributed by atoms with Gasteiger partial charge in [-0.3, -0.25) is 9.59 Å². The summed E-state index contributed by atoms with van der Waals surface area (Å²) in [5.41, 5.74) is 3.27. The average Bonchev–Trinajstić information content (AvgIpc) is 3.08. The van der Waals surface area contributed by atoms with Gasteiger partial charge in [0.2, 0.25) is 0 Å². The van der Waals surface area contributed by atoms with Gasteiger partial charge in [-0.1, -0.05) is 50.2 Å². The molecule has 0 fully saturated rings. The van der Waals surface area contributed by atoms with E-state index in [1.807, 2.05) is 42.5 Å². The molecule has 0 bridgehead atoms. The first-order chi connectivity index (χ1) is 15.9. The molecule has 0 unspecified atom stereocenters. The number of amides is 2. The van der Waals surface area contributed by atoms with Crippen molar-refractivity contribution in [2.75, 3.05) is 24.4 Å². The fourth-order valence-electron chi connectivity index (χ4n) is 3.83. The summed E-state index contributed by atoms with van der Waals surface area (Å²) in [6.07, 6.45) is 0. The molecule has 0 aromatic heterocycles. The van der Waals surface area contributed by atoms with Gasteiger partial charge in [-0.15, -0.1) is 0 Å². The van der Waals surface area contributed by atoms with Gasteiger partial charge in [0.25, 0.3) is 11.8 Å². The number of nitrogens with zero attached hydrogens (tertiary/aromatic N) is 1. The molecule has 0 saturated heterocycles. The lowest BCUT2D eigenvalue weighted by molar-refractivity contribution is -0.120. The molecular weight excluding hydrogens is 416 g/mol. The maximum atomic E-state index is 13.7. The van der Waals surface area contributed by atoms with E-state index >= 15 is 0 Å². The molecule has 6 nitrogen and oxygen atoms in total. The summed E-state index contributed by atoms with van der Waals surface area (Å²) in [6, 6.07) is 21.9. The van der Waals surface area contributed by atoms with Gasteiger partial charge in [0.1, 0.15) is 17.2 Å². The molecule has 33 heavy (non-hydrogen) atoms. The zero-order valence-corrected chi connectivity index (χ0v) is 19.1. The van der Waals surface area contributed by atoms with E-state index in [0.717, 1.165) is 5.56 Å². The van der Waals surface area contributed by atoms with E-state index in [-0.39, 0.29) is 11.3 Å². The van der Waals surface area contributed by atoms with Gasteiger partial charge in [0.05, 0.1) is 25.5 Å². The van der Waals surface area contributed by atoms with Gasteiger partial charge in [0, 0.05) is 17.3 Å². The van der Waals surface area contributed by atoms with Crippen LogP contribution in [0.3, 0.4) is 0 Å². The molecule has 6 heteroatoms. The smallest absolute Gasteiger partial charge is 0.282 e. The maximum Gasteiger partial charge on any atom is 0.282 e. The molecule has 168 valence electrons. The van der Waals surface area contributed by atoms with Crippen molar-refractivity contribution in [1.29, 1.82) is 0 Å². The largest absolute Gasteiger partial charge is 0.497 e. The molecule has 0 spiro atoms. The van der Waals surface area contributed by atoms with Crippen molar-refractivity contribution in [1.82, 2.24) is 0 Å². The lowest BCUT2D eigenvalue weighted by Gasteiger charge is -2.17. The Bertz CT molecular complexity index is 1230. The highest BCUT2D eigenvalue weighted by atomic mass is 16.5. The number of nitrogens with one attached hydrogen (secondary N) is 1. The summed E-state index contributed by atoms with van der Waals surface area (Å²) in [6.45, 7) is 4.19. The molecule has 0 atom stereocenters. The third-order valence-electron chi connectivity index (χ3n) is 5.62. The molecule has 1 aliphatic heterocycles. The fraction of sp³-hybridized carbons (Fsp3) is 0.185. The van der Waals surface area contributed by atoms with Crippen LogP contribution >= 0.6 is 0 Å². The maximum absolute atomic E-state index is 13.7. The summed E-state index contributed by atoms with van der Waals surface area (Å²) in [4.78, 5) is 28.4. The standard InChI is InChI=1S/C27H26N2O4/c1-17(2)18-12-14-20(15-13-18)29-26(30)24(22-10-5-6-11-23(22)33-4)25(27(29)31)28-19-8-7-9-21(16-19)32-3/h5-17,28H,1-4H3. The number of carbonyl (C=O) groups is 2. The highest BCUT2D eigenvalue weighted by molar-refractivity contribution is 6.46. The number of rotatable bonds is 7. The van der Waals surface area contributed by atoms with Crippen molar-refractivity contribution >= 4 is 28.8 Å². The lowest BCUT2D eigenvalue weighted by atomic mass is 10.0. The van der Waals surface area contributed by atoms with Crippen LogP contribution in [0, 0.1) is 0 Å². The first-order valence-electron chi connectivity index (χ1n) is 10.7. The van der Waals surface area contributed by atoms with Gasteiger partial charge in [-0.2, -0.15) is 0 Å². The van der Waals surface area contributed by atoms with Crippen LogP contribution in [-0.4, -0.2) is 26.0 Å². The van der Waals surface area contributed by atoms with Gasteiger partial charge < -0.3 is 14.8 Å².